The van der Waals surface area contributed by atoms with Crippen LogP contribution in [0.15, 0.2) is 47.7 Å². The Morgan fingerprint density at radius 1 is 1.08 bits per heavy atom. The minimum Gasteiger partial charge on any atom is -0.509 e. The maximum atomic E-state index is 12.9. The van der Waals surface area contributed by atoms with E-state index < -0.39 is 11.3 Å². The van der Waals surface area contributed by atoms with Crippen molar-refractivity contribution in [2.75, 3.05) is 7.11 Å². The van der Waals surface area contributed by atoms with E-state index in [9.17, 15) is 14.7 Å². The van der Waals surface area contributed by atoms with Crippen LogP contribution in [-0.4, -0.2) is 28.3 Å². The number of carbonyl (C=O) groups excluding carboxylic acids is 2. The van der Waals surface area contributed by atoms with Crippen molar-refractivity contribution in [1.82, 2.24) is 4.57 Å². The third-order valence-corrected chi connectivity index (χ3v) is 5.61. The number of Topliss-reactive ketones (excluding diaryl/α,β-unsaturated/α-hetero) is 2. The fourth-order valence-corrected chi connectivity index (χ4v) is 4.38. The molecule has 1 aliphatic carbocycles. The first-order valence-corrected chi connectivity index (χ1v) is 8.85. The second-order valence-electron chi connectivity index (χ2n) is 7.02. The summed E-state index contributed by atoms with van der Waals surface area (Å²) in [7, 11) is 1.62. The number of nitrogens with zero attached hydrogens (tertiary/aromatic N) is 1. The van der Waals surface area contributed by atoms with Gasteiger partial charge in [0.15, 0.2) is 5.78 Å². The summed E-state index contributed by atoms with van der Waals surface area (Å²) >= 11 is 0. The second-order valence-corrected chi connectivity index (χ2v) is 7.02. The van der Waals surface area contributed by atoms with Gasteiger partial charge in [0.25, 0.3) is 0 Å². The molecule has 0 atom stereocenters. The van der Waals surface area contributed by atoms with E-state index in [4.69, 9.17) is 4.74 Å². The second kappa shape index (κ2) is 5.87. The van der Waals surface area contributed by atoms with E-state index in [1.807, 2.05) is 34.9 Å². The average Bonchev–Trinajstić information content (AvgIpc) is 3.28. The number of fused-ring (bicyclic) bond motifs is 2. The van der Waals surface area contributed by atoms with E-state index in [-0.39, 0.29) is 17.1 Å². The summed E-state index contributed by atoms with van der Waals surface area (Å²) in [5.41, 5.74) is 1.52. The van der Waals surface area contributed by atoms with Crippen LogP contribution in [0, 0.1) is 0 Å². The molecular weight excluding hydrogens is 330 g/mol. The highest BCUT2D eigenvalue weighted by molar-refractivity contribution is 6.26. The maximum Gasteiger partial charge on any atom is 0.216 e. The summed E-state index contributed by atoms with van der Waals surface area (Å²) in [6.07, 6.45) is 3.33. The fraction of sp³-hybridized carbons (Fsp3) is 0.333. The van der Waals surface area contributed by atoms with Crippen molar-refractivity contribution in [3.63, 3.8) is 0 Å². The third-order valence-electron chi connectivity index (χ3n) is 5.61. The fourth-order valence-electron chi connectivity index (χ4n) is 4.38. The van der Waals surface area contributed by atoms with Crippen molar-refractivity contribution in [2.24, 2.45) is 0 Å². The monoisotopic (exact) mass is 351 g/mol. The highest BCUT2D eigenvalue weighted by atomic mass is 16.5. The number of rotatable bonds is 3. The van der Waals surface area contributed by atoms with Crippen molar-refractivity contribution >= 4 is 11.6 Å². The molecule has 1 N–H and O–H groups in total. The number of aliphatic hydroxyl groups is 1. The zero-order chi connectivity index (χ0) is 18.5. The van der Waals surface area contributed by atoms with Gasteiger partial charge in [-0.05, 0) is 61.7 Å². The molecule has 1 fully saturated rings. The normalized spacial score (nSPS) is 18.3. The number of benzene rings is 1. The molecule has 1 saturated carbocycles. The standard InChI is InChI=1S/C21H21NO4/c1-13(23)18-19(24)17-10-9-16(14-5-7-15(26-2)8-6-14)22(17)21(20(18)25)11-3-4-12-21/h5-10,25H,3-4,11-12H2,1-2H3. The van der Waals surface area contributed by atoms with E-state index in [0.717, 1.165) is 29.8 Å². The molecule has 0 bridgehead atoms. The van der Waals surface area contributed by atoms with E-state index in [1.54, 1.807) is 13.2 Å². The minimum atomic E-state index is -0.705. The van der Waals surface area contributed by atoms with Gasteiger partial charge in [0.1, 0.15) is 22.6 Å². The largest absolute Gasteiger partial charge is 0.509 e. The molecule has 1 spiro atoms. The molecule has 0 saturated heterocycles. The molecule has 4 rings (SSSR count). The first-order valence-electron chi connectivity index (χ1n) is 8.85. The van der Waals surface area contributed by atoms with Gasteiger partial charge in [-0.15, -0.1) is 0 Å². The van der Waals surface area contributed by atoms with Gasteiger partial charge in [-0.3, -0.25) is 9.59 Å². The molecule has 2 aromatic rings. The van der Waals surface area contributed by atoms with Gasteiger partial charge < -0.3 is 14.4 Å². The van der Waals surface area contributed by atoms with Crippen molar-refractivity contribution in [3.8, 4) is 17.0 Å². The molecule has 134 valence electrons. The summed E-state index contributed by atoms with van der Waals surface area (Å²) in [5.74, 6) is -0.0806. The predicted molar refractivity (Wildman–Crippen MR) is 97.5 cm³/mol. The Bertz CT molecular complexity index is 927. The first-order chi connectivity index (χ1) is 12.5. The zero-order valence-electron chi connectivity index (χ0n) is 14.9. The first kappa shape index (κ1) is 16.6. The van der Waals surface area contributed by atoms with Gasteiger partial charge in [0.05, 0.1) is 12.8 Å². The van der Waals surface area contributed by atoms with Gasteiger partial charge in [-0.1, -0.05) is 12.8 Å². The Balaban J connectivity index is 1.95. The average molecular weight is 351 g/mol. The van der Waals surface area contributed by atoms with Crippen LogP contribution in [0.5, 0.6) is 5.75 Å². The van der Waals surface area contributed by atoms with Crippen LogP contribution in [0.4, 0.5) is 0 Å². The number of carbonyl (C=O) groups is 2. The van der Waals surface area contributed by atoms with E-state index >= 15 is 0 Å². The van der Waals surface area contributed by atoms with Gasteiger partial charge in [0, 0.05) is 5.69 Å². The lowest BCUT2D eigenvalue weighted by atomic mass is 9.84. The molecule has 0 unspecified atom stereocenters. The maximum absolute atomic E-state index is 12.9. The quantitative estimate of drug-likeness (QED) is 0.848. The molecule has 0 amide bonds. The van der Waals surface area contributed by atoms with E-state index in [1.165, 1.54) is 6.92 Å². The molecule has 1 aromatic heterocycles. The summed E-state index contributed by atoms with van der Waals surface area (Å²) in [4.78, 5) is 24.9. The number of aromatic nitrogens is 1. The van der Waals surface area contributed by atoms with Gasteiger partial charge in [-0.25, -0.2) is 0 Å². The molecule has 5 heteroatoms. The van der Waals surface area contributed by atoms with Crippen LogP contribution >= 0.6 is 0 Å². The lowest BCUT2D eigenvalue weighted by Crippen LogP contribution is -2.42. The van der Waals surface area contributed by atoms with Gasteiger partial charge in [-0.2, -0.15) is 0 Å². The van der Waals surface area contributed by atoms with E-state index in [0.29, 0.717) is 18.5 Å². The molecule has 2 aliphatic rings. The van der Waals surface area contributed by atoms with Crippen LogP contribution in [0.3, 0.4) is 0 Å². The minimum absolute atomic E-state index is 0.0567. The van der Waals surface area contributed by atoms with Crippen LogP contribution in [0.2, 0.25) is 0 Å². The summed E-state index contributed by atoms with van der Waals surface area (Å²) in [6, 6.07) is 11.3. The van der Waals surface area contributed by atoms with Crippen molar-refractivity contribution in [3.05, 3.63) is 53.4 Å². The number of hydrogen-bond donors (Lipinski definition) is 1. The molecule has 26 heavy (non-hydrogen) atoms. The predicted octanol–water partition coefficient (Wildman–Crippen LogP) is 4.03. The topological polar surface area (TPSA) is 68.5 Å². The lowest BCUT2D eigenvalue weighted by Gasteiger charge is -2.38. The number of hydrogen-bond acceptors (Lipinski definition) is 4. The summed E-state index contributed by atoms with van der Waals surface area (Å²) in [6.45, 7) is 1.34. The summed E-state index contributed by atoms with van der Waals surface area (Å²) in [5, 5.41) is 11.0. The Labute approximate surface area is 151 Å². The molecule has 5 nitrogen and oxygen atoms in total. The lowest BCUT2D eigenvalue weighted by molar-refractivity contribution is -0.113. The smallest absolute Gasteiger partial charge is 0.216 e. The molecule has 2 heterocycles. The van der Waals surface area contributed by atoms with Crippen molar-refractivity contribution < 1.29 is 19.4 Å². The zero-order valence-corrected chi connectivity index (χ0v) is 14.9. The van der Waals surface area contributed by atoms with Crippen molar-refractivity contribution in [1.29, 1.82) is 0 Å². The third kappa shape index (κ3) is 2.16. The molecule has 1 aromatic carbocycles. The molecular formula is C21H21NO4. The highest BCUT2D eigenvalue weighted by Crippen LogP contribution is 2.49. The van der Waals surface area contributed by atoms with Gasteiger partial charge in [0.2, 0.25) is 5.78 Å². The van der Waals surface area contributed by atoms with Gasteiger partial charge >= 0.3 is 0 Å². The van der Waals surface area contributed by atoms with Crippen LogP contribution in [-0.2, 0) is 10.3 Å². The number of methoxy groups -OCH3 is 1. The van der Waals surface area contributed by atoms with Crippen LogP contribution in [0.1, 0.15) is 43.1 Å². The number of ketones is 2. The SMILES string of the molecule is COc1ccc(-c2ccc3n2C2(CCCC2)C(O)=C(C(C)=O)C3=O)cc1. The van der Waals surface area contributed by atoms with Crippen molar-refractivity contribution in [2.45, 2.75) is 38.1 Å². The Morgan fingerprint density at radius 3 is 2.27 bits per heavy atom. The summed E-state index contributed by atoms with van der Waals surface area (Å²) < 4.78 is 7.17. The van der Waals surface area contributed by atoms with Crippen LogP contribution in [0.25, 0.3) is 11.3 Å². The number of aliphatic hydroxyl groups excluding tert-OH is 1. The highest BCUT2D eigenvalue weighted by Gasteiger charge is 2.49. The number of ether oxygens (including phenoxy) is 1. The molecule has 0 radical (unpaired) electrons. The number of allylic oxidation sites excluding steroid dienone is 2. The molecule has 1 aliphatic heterocycles. The van der Waals surface area contributed by atoms with E-state index in [2.05, 4.69) is 0 Å². The Morgan fingerprint density at radius 2 is 1.69 bits per heavy atom. The Kier molecular flexibility index (Phi) is 3.75. The Hall–Kier alpha value is -2.82. The van der Waals surface area contributed by atoms with Crippen LogP contribution < -0.4 is 4.74 Å².